The molecule has 6 nitrogen and oxygen atoms in total. The predicted octanol–water partition coefficient (Wildman–Crippen LogP) is 3.44. The van der Waals surface area contributed by atoms with Gasteiger partial charge in [-0.25, -0.2) is 4.79 Å². The van der Waals surface area contributed by atoms with Gasteiger partial charge in [0.25, 0.3) is 0 Å². The summed E-state index contributed by atoms with van der Waals surface area (Å²) in [5.74, 6) is 0. The third-order valence-electron chi connectivity index (χ3n) is 5.77. The maximum atomic E-state index is 12.9. The molecule has 0 aromatic heterocycles. The molecule has 0 atom stereocenters. The van der Waals surface area contributed by atoms with Gasteiger partial charge >= 0.3 is 6.03 Å². The Hall–Kier alpha value is -2.73. The molecule has 0 radical (unpaired) electrons. The van der Waals surface area contributed by atoms with E-state index in [2.05, 4.69) is 52.4 Å². The number of para-hydroxylation sites is 2. The lowest BCUT2D eigenvalue weighted by Gasteiger charge is -2.36. The maximum absolute atomic E-state index is 12.9. The molecule has 2 amide bonds. The van der Waals surface area contributed by atoms with Crippen LogP contribution in [0.25, 0.3) is 0 Å². The molecule has 154 valence electrons. The van der Waals surface area contributed by atoms with Crippen molar-refractivity contribution in [2.45, 2.75) is 13.3 Å². The number of ether oxygens (including phenoxy) is 1. The summed E-state index contributed by atoms with van der Waals surface area (Å²) in [6.07, 6.45) is 1.06. The Morgan fingerprint density at radius 1 is 0.897 bits per heavy atom. The Morgan fingerprint density at radius 2 is 1.59 bits per heavy atom. The van der Waals surface area contributed by atoms with Gasteiger partial charge in [0, 0.05) is 45.0 Å². The molecule has 0 bridgehead atoms. The fraction of sp³-hybridized carbons (Fsp3) is 0.435. The number of nitrogens with zero attached hydrogens (tertiary/aromatic N) is 3. The first kappa shape index (κ1) is 19.6. The van der Waals surface area contributed by atoms with Crippen molar-refractivity contribution in [3.05, 3.63) is 54.1 Å². The van der Waals surface area contributed by atoms with Gasteiger partial charge in [0.05, 0.1) is 24.6 Å². The normalized spacial score (nSPS) is 17.3. The number of hydrogen-bond donors (Lipinski definition) is 1. The molecule has 1 N–H and O–H groups in total. The second kappa shape index (κ2) is 9.18. The van der Waals surface area contributed by atoms with Crippen molar-refractivity contribution >= 4 is 23.1 Å². The summed E-state index contributed by atoms with van der Waals surface area (Å²) in [6.45, 7) is 8.47. The van der Waals surface area contributed by atoms with Gasteiger partial charge in [0.15, 0.2) is 0 Å². The Morgan fingerprint density at radius 3 is 2.28 bits per heavy atom. The molecule has 0 unspecified atom stereocenters. The van der Waals surface area contributed by atoms with E-state index in [9.17, 15) is 4.79 Å². The Kier molecular flexibility index (Phi) is 6.20. The summed E-state index contributed by atoms with van der Waals surface area (Å²) < 4.78 is 5.45. The third kappa shape index (κ3) is 4.65. The molecule has 2 aromatic rings. The molecule has 29 heavy (non-hydrogen) atoms. The van der Waals surface area contributed by atoms with Gasteiger partial charge in [-0.05, 0) is 36.2 Å². The first-order valence-corrected chi connectivity index (χ1v) is 10.6. The van der Waals surface area contributed by atoms with Crippen LogP contribution in [0.3, 0.4) is 0 Å². The second-order valence-corrected chi connectivity index (χ2v) is 7.54. The minimum absolute atomic E-state index is 0.0216. The standard InChI is InChI=1S/C23H30N4O2/c1-2-19-7-9-20(10-8-19)25-11-13-27(14-12-25)23(28)24-21-5-3-4-6-22(21)26-15-17-29-18-16-26/h3-10H,2,11-18H2,1H3,(H,24,28). The molecule has 0 aliphatic carbocycles. The summed E-state index contributed by atoms with van der Waals surface area (Å²) in [6, 6.07) is 16.8. The number of benzene rings is 2. The van der Waals surface area contributed by atoms with Gasteiger partial charge in [-0.2, -0.15) is 0 Å². The lowest BCUT2D eigenvalue weighted by molar-refractivity contribution is 0.123. The summed E-state index contributed by atoms with van der Waals surface area (Å²) in [7, 11) is 0. The fourth-order valence-corrected chi connectivity index (χ4v) is 3.96. The molecule has 2 aliphatic rings. The Bertz CT molecular complexity index is 810. The smallest absolute Gasteiger partial charge is 0.322 e. The highest BCUT2D eigenvalue weighted by molar-refractivity contribution is 5.93. The van der Waals surface area contributed by atoms with Gasteiger partial charge in [-0.3, -0.25) is 0 Å². The summed E-state index contributed by atoms with van der Waals surface area (Å²) in [5, 5.41) is 3.13. The predicted molar refractivity (Wildman–Crippen MR) is 118 cm³/mol. The third-order valence-corrected chi connectivity index (χ3v) is 5.77. The van der Waals surface area contributed by atoms with Crippen LogP contribution in [0.4, 0.5) is 21.9 Å². The zero-order valence-corrected chi connectivity index (χ0v) is 17.1. The molecule has 2 saturated heterocycles. The summed E-state index contributed by atoms with van der Waals surface area (Å²) >= 11 is 0. The van der Waals surface area contributed by atoms with Crippen LogP contribution >= 0.6 is 0 Å². The highest BCUT2D eigenvalue weighted by Crippen LogP contribution is 2.27. The molecule has 0 saturated carbocycles. The zero-order chi connectivity index (χ0) is 20.1. The van der Waals surface area contributed by atoms with Gasteiger partial charge in [-0.15, -0.1) is 0 Å². The highest BCUT2D eigenvalue weighted by Gasteiger charge is 2.23. The molecule has 2 heterocycles. The average molecular weight is 395 g/mol. The van der Waals surface area contributed by atoms with Crippen LogP contribution in [0.15, 0.2) is 48.5 Å². The lowest BCUT2D eigenvalue weighted by Crippen LogP contribution is -2.50. The van der Waals surface area contributed by atoms with Crippen molar-refractivity contribution in [1.29, 1.82) is 0 Å². The van der Waals surface area contributed by atoms with E-state index in [1.165, 1.54) is 11.3 Å². The molecule has 6 heteroatoms. The number of carbonyl (C=O) groups is 1. The van der Waals surface area contributed by atoms with Crippen molar-refractivity contribution in [1.82, 2.24) is 4.90 Å². The second-order valence-electron chi connectivity index (χ2n) is 7.54. The van der Waals surface area contributed by atoms with Crippen LogP contribution in [-0.2, 0) is 11.2 Å². The molecule has 2 fully saturated rings. The molecule has 2 aromatic carbocycles. The van der Waals surface area contributed by atoms with Crippen LogP contribution in [0, 0.1) is 0 Å². The minimum Gasteiger partial charge on any atom is -0.378 e. The lowest BCUT2D eigenvalue weighted by atomic mass is 10.1. The molecular formula is C23H30N4O2. The number of rotatable bonds is 4. The van der Waals surface area contributed by atoms with Gasteiger partial charge < -0.3 is 24.8 Å². The van der Waals surface area contributed by atoms with Gasteiger partial charge in [-0.1, -0.05) is 31.2 Å². The number of piperazine rings is 1. The SMILES string of the molecule is CCc1ccc(N2CCN(C(=O)Nc3ccccc3N3CCOCC3)CC2)cc1. The monoisotopic (exact) mass is 394 g/mol. The number of hydrogen-bond acceptors (Lipinski definition) is 4. The van der Waals surface area contributed by atoms with Crippen molar-refractivity contribution in [3.8, 4) is 0 Å². The fourth-order valence-electron chi connectivity index (χ4n) is 3.96. The van der Waals surface area contributed by atoms with E-state index in [1.54, 1.807) is 0 Å². The first-order valence-electron chi connectivity index (χ1n) is 10.6. The van der Waals surface area contributed by atoms with E-state index in [-0.39, 0.29) is 6.03 Å². The van der Waals surface area contributed by atoms with Crippen molar-refractivity contribution in [3.63, 3.8) is 0 Å². The number of nitrogens with one attached hydrogen (secondary N) is 1. The van der Waals surface area contributed by atoms with Crippen molar-refractivity contribution in [2.75, 3.05) is 67.6 Å². The maximum Gasteiger partial charge on any atom is 0.322 e. The summed E-state index contributed by atoms with van der Waals surface area (Å²) in [4.78, 5) is 19.4. The van der Waals surface area contributed by atoms with Crippen LogP contribution in [0.1, 0.15) is 12.5 Å². The van der Waals surface area contributed by atoms with Crippen molar-refractivity contribution in [2.24, 2.45) is 0 Å². The Labute approximate surface area is 173 Å². The average Bonchev–Trinajstić information content (AvgIpc) is 2.80. The number of amides is 2. The van der Waals surface area contributed by atoms with E-state index in [0.717, 1.165) is 70.3 Å². The first-order chi connectivity index (χ1) is 14.2. The molecule has 4 rings (SSSR count). The zero-order valence-electron chi connectivity index (χ0n) is 17.1. The van der Waals surface area contributed by atoms with Crippen LogP contribution in [0.5, 0.6) is 0 Å². The van der Waals surface area contributed by atoms with Crippen LogP contribution in [-0.4, -0.2) is 63.4 Å². The van der Waals surface area contributed by atoms with Crippen molar-refractivity contribution < 1.29 is 9.53 Å². The van der Waals surface area contributed by atoms with E-state index < -0.39 is 0 Å². The van der Waals surface area contributed by atoms with Gasteiger partial charge in [0.2, 0.25) is 0 Å². The molecule has 0 spiro atoms. The largest absolute Gasteiger partial charge is 0.378 e. The quantitative estimate of drug-likeness (QED) is 0.863. The van der Waals surface area contributed by atoms with E-state index in [0.29, 0.717) is 0 Å². The van der Waals surface area contributed by atoms with Crippen LogP contribution < -0.4 is 15.1 Å². The number of anilines is 3. The van der Waals surface area contributed by atoms with E-state index >= 15 is 0 Å². The topological polar surface area (TPSA) is 48.0 Å². The minimum atomic E-state index is -0.0216. The number of urea groups is 1. The number of morpholine rings is 1. The van der Waals surface area contributed by atoms with E-state index in [1.807, 2.05) is 23.1 Å². The highest BCUT2D eigenvalue weighted by atomic mass is 16.5. The van der Waals surface area contributed by atoms with Gasteiger partial charge in [0.1, 0.15) is 0 Å². The van der Waals surface area contributed by atoms with E-state index in [4.69, 9.17) is 4.74 Å². The number of carbonyl (C=O) groups excluding carboxylic acids is 1. The summed E-state index contributed by atoms with van der Waals surface area (Å²) in [5.41, 5.74) is 4.53. The Balaban J connectivity index is 1.35. The number of aryl methyl sites for hydroxylation is 1. The van der Waals surface area contributed by atoms with Crippen LogP contribution in [0.2, 0.25) is 0 Å². The molecule has 2 aliphatic heterocycles. The molecular weight excluding hydrogens is 364 g/mol.